The van der Waals surface area contributed by atoms with Gasteiger partial charge in [0.15, 0.2) is 0 Å². The quantitative estimate of drug-likeness (QED) is 0.364. The first-order chi connectivity index (χ1) is 15.9. The molecule has 172 valence electrons. The zero-order valence-corrected chi connectivity index (χ0v) is 19.4. The van der Waals surface area contributed by atoms with Gasteiger partial charge in [0.05, 0.1) is 25.1 Å². The molecule has 2 unspecified atom stereocenters. The Morgan fingerprint density at radius 3 is 2.82 bits per heavy atom. The van der Waals surface area contributed by atoms with E-state index in [2.05, 4.69) is 29.4 Å². The molecule has 4 aromatic rings. The lowest BCUT2D eigenvalue weighted by Gasteiger charge is -2.18. The van der Waals surface area contributed by atoms with Crippen molar-refractivity contribution in [2.45, 2.75) is 32.2 Å². The zero-order valence-electron chi connectivity index (χ0n) is 18.6. The largest absolute Gasteiger partial charge is 0.464 e. The third-order valence-corrected chi connectivity index (χ3v) is 5.89. The Morgan fingerprint density at radius 1 is 1.24 bits per heavy atom. The molecule has 8 heteroatoms. The van der Waals surface area contributed by atoms with E-state index < -0.39 is 6.10 Å². The number of nitrogens with one attached hydrogen (secondary N) is 1. The average molecular weight is 467 g/mol. The molecule has 0 radical (unpaired) electrons. The van der Waals surface area contributed by atoms with Gasteiger partial charge in [0, 0.05) is 35.4 Å². The molecule has 33 heavy (non-hydrogen) atoms. The number of aliphatic hydroxyl groups excluding tert-OH is 1. The Bertz CT molecular complexity index is 1240. The van der Waals surface area contributed by atoms with E-state index >= 15 is 0 Å². The number of aromatic nitrogens is 3. The molecule has 0 aliphatic heterocycles. The predicted octanol–water partition coefficient (Wildman–Crippen LogP) is 4.04. The van der Waals surface area contributed by atoms with Crippen LogP contribution in [0.15, 0.2) is 67.3 Å². The van der Waals surface area contributed by atoms with Crippen LogP contribution in [0.5, 0.6) is 0 Å². The van der Waals surface area contributed by atoms with Crippen molar-refractivity contribution in [2.75, 3.05) is 13.7 Å². The Morgan fingerprint density at radius 2 is 2.09 bits per heavy atom. The van der Waals surface area contributed by atoms with Crippen LogP contribution in [0, 0.1) is 0 Å². The highest BCUT2D eigenvalue weighted by Gasteiger charge is 2.17. The van der Waals surface area contributed by atoms with Crippen molar-refractivity contribution >= 4 is 28.5 Å². The third kappa shape index (κ3) is 5.45. The molecule has 4 rings (SSSR count). The van der Waals surface area contributed by atoms with Crippen molar-refractivity contribution < 1.29 is 14.6 Å². The summed E-state index contributed by atoms with van der Waals surface area (Å²) in [5, 5.41) is 15.4. The Labute approximate surface area is 197 Å². The minimum atomic E-state index is -0.631. The highest BCUT2D eigenvalue weighted by atomic mass is 35.5. The van der Waals surface area contributed by atoms with Crippen LogP contribution in [-0.2, 0) is 17.8 Å². The average Bonchev–Trinajstić information content (AvgIpc) is 3.45. The number of rotatable bonds is 9. The number of aliphatic hydroxyl groups is 1. The van der Waals surface area contributed by atoms with Crippen molar-refractivity contribution in [1.82, 2.24) is 19.4 Å². The summed E-state index contributed by atoms with van der Waals surface area (Å²) in [6, 6.07) is 15.5. The van der Waals surface area contributed by atoms with Crippen LogP contribution in [0.1, 0.15) is 34.6 Å². The molecule has 0 aliphatic carbocycles. The van der Waals surface area contributed by atoms with Crippen molar-refractivity contribution in [1.29, 1.82) is 0 Å². The number of fused-ring (bicyclic) bond motifs is 1. The van der Waals surface area contributed by atoms with Crippen molar-refractivity contribution in [3.05, 3.63) is 89.1 Å². The number of halogens is 1. The van der Waals surface area contributed by atoms with Crippen LogP contribution in [0.4, 0.5) is 0 Å². The first-order valence-corrected chi connectivity index (χ1v) is 11.2. The molecule has 2 N–H and O–H groups in total. The maximum atomic E-state index is 12.4. The second-order valence-electron chi connectivity index (χ2n) is 8.14. The normalized spacial score (nSPS) is 13.2. The number of imidazole rings is 1. The molecule has 0 saturated heterocycles. The van der Waals surface area contributed by atoms with Gasteiger partial charge in [-0.15, -0.1) is 0 Å². The monoisotopic (exact) mass is 466 g/mol. The summed E-state index contributed by atoms with van der Waals surface area (Å²) in [5.41, 5.74) is 3.37. The SMILES string of the molecule is COC(=O)c1cc2cc(CC(C)NCC(O)c3cccc(Cl)c3)ccc2n1Cn1ccnc1. The summed E-state index contributed by atoms with van der Waals surface area (Å²) in [6.45, 7) is 2.98. The molecule has 2 aromatic carbocycles. The van der Waals surface area contributed by atoms with Crippen LogP contribution in [0.2, 0.25) is 5.02 Å². The Kier molecular flexibility index (Phi) is 7.13. The number of esters is 1. The molecule has 2 heterocycles. The first kappa shape index (κ1) is 23.0. The molecule has 2 atom stereocenters. The van der Waals surface area contributed by atoms with Gasteiger partial charge < -0.3 is 24.3 Å². The number of hydrogen-bond donors (Lipinski definition) is 2. The van der Waals surface area contributed by atoms with Crippen LogP contribution in [0.25, 0.3) is 10.9 Å². The first-order valence-electron chi connectivity index (χ1n) is 10.8. The van der Waals surface area contributed by atoms with E-state index in [1.807, 2.05) is 39.6 Å². The topological polar surface area (TPSA) is 81.3 Å². The number of hydrogen-bond acceptors (Lipinski definition) is 5. The third-order valence-electron chi connectivity index (χ3n) is 5.66. The highest BCUT2D eigenvalue weighted by Crippen LogP contribution is 2.23. The summed E-state index contributed by atoms with van der Waals surface area (Å²) in [7, 11) is 1.39. The minimum absolute atomic E-state index is 0.143. The molecule has 2 aromatic heterocycles. The van der Waals surface area contributed by atoms with Gasteiger partial charge in [-0.05, 0) is 54.8 Å². The molecular formula is C25H27ClN4O3. The second kappa shape index (κ2) is 10.2. The van der Waals surface area contributed by atoms with E-state index in [1.54, 1.807) is 24.7 Å². The van der Waals surface area contributed by atoms with Crippen LogP contribution in [0.3, 0.4) is 0 Å². The van der Waals surface area contributed by atoms with Gasteiger partial charge in [-0.1, -0.05) is 29.8 Å². The highest BCUT2D eigenvalue weighted by molar-refractivity contribution is 6.30. The number of ether oxygens (including phenoxy) is 1. The Balaban J connectivity index is 1.47. The standard InChI is InChI=1S/C25H27ClN4O3/c1-17(28-14-24(31)19-4-3-5-21(26)12-19)10-18-6-7-22-20(11-18)13-23(25(32)33-2)30(22)16-29-9-8-27-15-29/h3-9,11-13,15,17,24,28,31H,10,14,16H2,1-2H3. The number of carbonyl (C=O) groups excluding carboxylic acids is 1. The summed E-state index contributed by atoms with van der Waals surface area (Å²) in [4.78, 5) is 16.5. The van der Waals surface area contributed by atoms with Crippen molar-refractivity contribution in [2.24, 2.45) is 0 Å². The van der Waals surface area contributed by atoms with E-state index in [1.165, 1.54) is 7.11 Å². The minimum Gasteiger partial charge on any atom is -0.464 e. The van der Waals surface area contributed by atoms with Crippen LogP contribution in [-0.4, -0.2) is 44.9 Å². The molecule has 0 saturated carbocycles. The molecule has 7 nitrogen and oxygen atoms in total. The maximum Gasteiger partial charge on any atom is 0.354 e. The van der Waals surface area contributed by atoms with Crippen molar-refractivity contribution in [3.8, 4) is 0 Å². The van der Waals surface area contributed by atoms with E-state index in [0.29, 0.717) is 23.9 Å². The second-order valence-corrected chi connectivity index (χ2v) is 8.58. The smallest absolute Gasteiger partial charge is 0.354 e. The van der Waals surface area contributed by atoms with Gasteiger partial charge in [-0.3, -0.25) is 0 Å². The lowest BCUT2D eigenvalue weighted by atomic mass is 10.0. The number of carbonyl (C=O) groups is 1. The van der Waals surface area contributed by atoms with Gasteiger partial charge in [-0.2, -0.15) is 0 Å². The fraction of sp³-hybridized carbons (Fsp3) is 0.280. The molecule has 0 fully saturated rings. The molecule has 0 spiro atoms. The van der Waals surface area contributed by atoms with E-state index in [4.69, 9.17) is 16.3 Å². The van der Waals surface area contributed by atoms with E-state index in [0.717, 1.165) is 28.5 Å². The lowest BCUT2D eigenvalue weighted by molar-refractivity contribution is 0.0588. The maximum absolute atomic E-state index is 12.4. The van der Waals surface area contributed by atoms with Gasteiger partial charge >= 0.3 is 5.97 Å². The number of methoxy groups -OCH3 is 1. The van der Waals surface area contributed by atoms with Gasteiger partial charge in [-0.25, -0.2) is 9.78 Å². The Hall–Kier alpha value is -3.13. The summed E-state index contributed by atoms with van der Waals surface area (Å²) in [5.74, 6) is -0.377. The number of nitrogens with zero attached hydrogens (tertiary/aromatic N) is 3. The lowest BCUT2D eigenvalue weighted by Crippen LogP contribution is -2.32. The predicted molar refractivity (Wildman–Crippen MR) is 128 cm³/mol. The van der Waals surface area contributed by atoms with Crippen LogP contribution >= 0.6 is 11.6 Å². The fourth-order valence-electron chi connectivity index (χ4n) is 3.98. The van der Waals surface area contributed by atoms with Gasteiger partial charge in [0.25, 0.3) is 0 Å². The zero-order chi connectivity index (χ0) is 23.4. The van der Waals surface area contributed by atoms with Gasteiger partial charge in [0.2, 0.25) is 0 Å². The fourth-order valence-corrected chi connectivity index (χ4v) is 4.18. The molecule has 0 amide bonds. The summed E-state index contributed by atoms with van der Waals surface area (Å²) >= 11 is 6.02. The van der Waals surface area contributed by atoms with Gasteiger partial charge in [0.1, 0.15) is 12.4 Å². The summed E-state index contributed by atoms with van der Waals surface area (Å²) < 4.78 is 8.82. The summed E-state index contributed by atoms with van der Waals surface area (Å²) in [6.07, 6.45) is 5.42. The van der Waals surface area contributed by atoms with E-state index in [9.17, 15) is 9.90 Å². The van der Waals surface area contributed by atoms with Crippen LogP contribution < -0.4 is 5.32 Å². The number of benzene rings is 2. The van der Waals surface area contributed by atoms with E-state index in [-0.39, 0.29) is 12.0 Å². The van der Waals surface area contributed by atoms with Crippen molar-refractivity contribution in [3.63, 3.8) is 0 Å². The molecule has 0 bridgehead atoms. The molecule has 0 aliphatic rings. The molecular weight excluding hydrogens is 440 g/mol.